The van der Waals surface area contributed by atoms with Crippen molar-refractivity contribution in [3.63, 3.8) is 0 Å². The van der Waals surface area contributed by atoms with E-state index in [1.165, 1.54) is 0 Å². The van der Waals surface area contributed by atoms with Crippen LogP contribution in [0, 0.1) is 13.8 Å². The number of methoxy groups -OCH3 is 1. The molecule has 0 aliphatic rings. The van der Waals surface area contributed by atoms with E-state index in [1.807, 2.05) is 67.1 Å². The van der Waals surface area contributed by atoms with Crippen molar-refractivity contribution in [2.24, 2.45) is 0 Å². The molecule has 0 radical (unpaired) electrons. The molecule has 3 rings (SSSR count). The van der Waals surface area contributed by atoms with E-state index < -0.39 is 0 Å². The van der Waals surface area contributed by atoms with Gasteiger partial charge in [0.1, 0.15) is 6.61 Å². The molecule has 152 valence electrons. The molecule has 0 atom stereocenters. The Hall–Kier alpha value is -3.28. The third kappa shape index (κ3) is 5.60. The zero-order chi connectivity index (χ0) is 20.6. The van der Waals surface area contributed by atoms with Crippen LogP contribution in [0.1, 0.15) is 33.7 Å². The van der Waals surface area contributed by atoms with E-state index in [1.54, 1.807) is 7.11 Å². The van der Waals surface area contributed by atoms with Gasteiger partial charge in [-0.2, -0.15) is 5.10 Å². The standard InChI is InChI=1S/C23H27N3O3/c1-17-14-18(2)26(25-17)13-7-12-24-23(27)20-9-6-8-19(15-20)16-29-22-11-5-4-10-21(22)28-3/h4-6,8-11,14-15H,7,12-13,16H2,1-3H3,(H,24,27). The van der Waals surface area contributed by atoms with Crippen molar-refractivity contribution < 1.29 is 14.3 Å². The zero-order valence-electron chi connectivity index (χ0n) is 17.1. The van der Waals surface area contributed by atoms with Crippen molar-refractivity contribution in [3.05, 3.63) is 77.1 Å². The van der Waals surface area contributed by atoms with E-state index in [9.17, 15) is 4.79 Å². The number of amides is 1. The SMILES string of the molecule is COc1ccccc1OCc1cccc(C(=O)NCCCn2nc(C)cc2C)c1. The maximum absolute atomic E-state index is 12.5. The third-order valence-corrected chi connectivity index (χ3v) is 4.59. The highest BCUT2D eigenvalue weighted by atomic mass is 16.5. The van der Waals surface area contributed by atoms with Gasteiger partial charge in [-0.05, 0) is 56.2 Å². The summed E-state index contributed by atoms with van der Waals surface area (Å²) in [6.45, 7) is 5.76. The van der Waals surface area contributed by atoms with Crippen LogP contribution in [-0.2, 0) is 13.2 Å². The van der Waals surface area contributed by atoms with Gasteiger partial charge in [0.25, 0.3) is 5.91 Å². The predicted molar refractivity (Wildman–Crippen MR) is 112 cm³/mol. The molecule has 0 bridgehead atoms. The first-order chi connectivity index (χ1) is 14.1. The fraction of sp³-hybridized carbons (Fsp3) is 0.304. The summed E-state index contributed by atoms with van der Waals surface area (Å²) in [5, 5.41) is 7.41. The molecule has 1 aromatic heterocycles. The fourth-order valence-corrected chi connectivity index (χ4v) is 3.14. The molecule has 1 heterocycles. The average Bonchev–Trinajstić information content (AvgIpc) is 3.06. The number of nitrogens with zero attached hydrogens (tertiary/aromatic N) is 2. The number of carbonyl (C=O) groups is 1. The summed E-state index contributed by atoms with van der Waals surface area (Å²) in [5.41, 5.74) is 3.69. The van der Waals surface area contributed by atoms with Gasteiger partial charge in [-0.15, -0.1) is 0 Å². The van der Waals surface area contributed by atoms with E-state index in [0.29, 0.717) is 30.2 Å². The topological polar surface area (TPSA) is 65.4 Å². The van der Waals surface area contributed by atoms with Crippen molar-refractivity contribution in [3.8, 4) is 11.5 Å². The van der Waals surface area contributed by atoms with Crippen LogP contribution in [0.25, 0.3) is 0 Å². The number of rotatable bonds is 9. The van der Waals surface area contributed by atoms with Gasteiger partial charge in [0.2, 0.25) is 0 Å². The van der Waals surface area contributed by atoms with Crippen LogP contribution >= 0.6 is 0 Å². The Kier molecular flexibility index (Phi) is 6.89. The minimum atomic E-state index is -0.0856. The van der Waals surface area contributed by atoms with Gasteiger partial charge >= 0.3 is 0 Å². The smallest absolute Gasteiger partial charge is 0.251 e. The van der Waals surface area contributed by atoms with Gasteiger partial charge in [0.05, 0.1) is 12.8 Å². The number of ether oxygens (including phenoxy) is 2. The second-order valence-electron chi connectivity index (χ2n) is 6.90. The highest BCUT2D eigenvalue weighted by Crippen LogP contribution is 2.26. The van der Waals surface area contributed by atoms with Gasteiger partial charge in [0.15, 0.2) is 11.5 Å². The van der Waals surface area contributed by atoms with E-state index in [4.69, 9.17) is 9.47 Å². The van der Waals surface area contributed by atoms with E-state index >= 15 is 0 Å². The predicted octanol–water partition coefficient (Wildman–Crippen LogP) is 3.91. The molecule has 1 amide bonds. The van der Waals surface area contributed by atoms with Gasteiger partial charge in [-0.3, -0.25) is 9.48 Å². The molecule has 0 unspecified atom stereocenters. The summed E-state index contributed by atoms with van der Waals surface area (Å²) >= 11 is 0. The Morgan fingerprint density at radius 3 is 2.59 bits per heavy atom. The molecular formula is C23H27N3O3. The quantitative estimate of drug-likeness (QED) is 0.560. The maximum Gasteiger partial charge on any atom is 0.251 e. The molecule has 0 spiro atoms. The van der Waals surface area contributed by atoms with E-state index in [2.05, 4.69) is 16.5 Å². The Labute approximate surface area is 171 Å². The molecule has 1 N–H and O–H groups in total. The first-order valence-corrected chi connectivity index (χ1v) is 9.71. The van der Waals surface area contributed by atoms with Crippen molar-refractivity contribution in [2.75, 3.05) is 13.7 Å². The van der Waals surface area contributed by atoms with Crippen molar-refractivity contribution >= 4 is 5.91 Å². The number of aromatic nitrogens is 2. The van der Waals surface area contributed by atoms with Crippen LogP contribution in [0.2, 0.25) is 0 Å². The van der Waals surface area contributed by atoms with E-state index in [0.717, 1.165) is 29.9 Å². The average molecular weight is 393 g/mol. The number of hydrogen-bond acceptors (Lipinski definition) is 4. The fourth-order valence-electron chi connectivity index (χ4n) is 3.14. The lowest BCUT2D eigenvalue weighted by Crippen LogP contribution is -2.25. The summed E-state index contributed by atoms with van der Waals surface area (Å²) in [6, 6.07) is 17.0. The number of carbonyl (C=O) groups excluding carboxylic acids is 1. The third-order valence-electron chi connectivity index (χ3n) is 4.59. The number of nitrogens with one attached hydrogen (secondary N) is 1. The van der Waals surface area contributed by atoms with Gasteiger partial charge in [0, 0.05) is 24.3 Å². The molecule has 3 aromatic rings. The molecule has 0 saturated heterocycles. The van der Waals surface area contributed by atoms with Crippen LogP contribution in [0.4, 0.5) is 0 Å². The van der Waals surface area contributed by atoms with Crippen LogP contribution in [-0.4, -0.2) is 29.3 Å². The Morgan fingerprint density at radius 2 is 1.86 bits per heavy atom. The highest BCUT2D eigenvalue weighted by molar-refractivity contribution is 5.94. The van der Waals surface area contributed by atoms with Gasteiger partial charge < -0.3 is 14.8 Å². The summed E-state index contributed by atoms with van der Waals surface area (Å²) in [5.74, 6) is 1.27. The van der Waals surface area contributed by atoms with Crippen LogP contribution in [0.3, 0.4) is 0 Å². The summed E-state index contributed by atoms with van der Waals surface area (Å²) in [6.07, 6.45) is 0.824. The lowest BCUT2D eigenvalue weighted by molar-refractivity contribution is 0.0952. The first kappa shape index (κ1) is 20.5. The molecule has 6 heteroatoms. The van der Waals surface area contributed by atoms with Crippen LogP contribution in [0.5, 0.6) is 11.5 Å². The van der Waals surface area contributed by atoms with Crippen LogP contribution < -0.4 is 14.8 Å². The largest absolute Gasteiger partial charge is 0.493 e. The molecule has 0 aliphatic carbocycles. The summed E-state index contributed by atoms with van der Waals surface area (Å²) in [7, 11) is 1.61. The lowest BCUT2D eigenvalue weighted by atomic mass is 10.1. The summed E-state index contributed by atoms with van der Waals surface area (Å²) in [4.78, 5) is 12.5. The number of benzene rings is 2. The molecule has 0 aliphatic heterocycles. The van der Waals surface area contributed by atoms with Gasteiger partial charge in [-0.25, -0.2) is 0 Å². The Balaban J connectivity index is 1.50. The first-order valence-electron chi connectivity index (χ1n) is 9.71. The molecule has 0 fully saturated rings. The molecule has 29 heavy (non-hydrogen) atoms. The Bertz CT molecular complexity index is 966. The monoisotopic (exact) mass is 393 g/mol. The van der Waals surface area contributed by atoms with Crippen molar-refractivity contribution in [1.29, 1.82) is 0 Å². The number of para-hydroxylation sites is 2. The molecule has 2 aromatic carbocycles. The maximum atomic E-state index is 12.5. The number of aryl methyl sites for hydroxylation is 3. The van der Waals surface area contributed by atoms with Crippen molar-refractivity contribution in [2.45, 2.75) is 33.4 Å². The van der Waals surface area contributed by atoms with E-state index in [-0.39, 0.29) is 5.91 Å². The highest BCUT2D eigenvalue weighted by Gasteiger charge is 2.08. The molecule has 6 nitrogen and oxygen atoms in total. The molecular weight excluding hydrogens is 366 g/mol. The minimum Gasteiger partial charge on any atom is -0.493 e. The number of hydrogen-bond donors (Lipinski definition) is 1. The zero-order valence-corrected chi connectivity index (χ0v) is 17.1. The summed E-state index contributed by atoms with van der Waals surface area (Å²) < 4.78 is 13.1. The van der Waals surface area contributed by atoms with Crippen LogP contribution in [0.15, 0.2) is 54.6 Å². The lowest BCUT2D eigenvalue weighted by Gasteiger charge is -2.11. The second-order valence-corrected chi connectivity index (χ2v) is 6.90. The minimum absolute atomic E-state index is 0.0856. The van der Waals surface area contributed by atoms with Crippen molar-refractivity contribution in [1.82, 2.24) is 15.1 Å². The normalized spacial score (nSPS) is 10.6. The molecule has 0 saturated carbocycles. The Morgan fingerprint density at radius 1 is 1.07 bits per heavy atom. The second kappa shape index (κ2) is 9.78. The van der Waals surface area contributed by atoms with Gasteiger partial charge in [-0.1, -0.05) is 24.3 Å².